The first-order valence-corrected chi connectivity index (χ1v) is 15.9. The summed E-state index contributed by atoms with van der Waals surface area (Å²) < 4.78 is 108. The lowest BCUT2D eigenvalue weighted by Gasteiger charge is -2.31. The van der Waals surface area contributed by atoms with Gasteiger partial charge in [0.05, 0.1) is 19.9 Å². The number of rotatable bonds is 10. The zero-order valence-electron chi connectivity index (χ0n) is 23.2. The molecule has 0 spiro atoms. The minimum Gasteiger partial charge on any atom is -0.497 e. The van der Waals surface area contributed by atoms with Gasteiger partial charge in [0.25, 0.3) is 0 Å². The Balaban J connectivity index is 1.95. The number of benzene rings is 3. The molecule has 14 heteroatoms. The summed E-state index contributed by atoms with van der Waals surface area (Å²) >= 11 is 0. The molecule has 9 nitrogen and oxygen atoms in total. The van der Waals surface area contributed by atoms with Gasteiger partial charge in [-0.25, -0.2) is 8.42 Å². The zero-order chi connectivity index (χ0) is 30.7. The number of alkyl halides is 3. The zero-order valence-corrected chi connectivity index (χ0v) is 24.8. The Morgan fingerprint density at radius 3 is 2.19 bits per heavy atom. The van der Waals surface area contributed by atoms with Gasteiger partial charge in [-0.2, -0.15) is 25.9 Å². The normalized spacial score (nSPS) is 17.3. The standard InChI is InChI=1S/C28H31F3N2O7S2/c1-4-5-9-22-19-32(21-10-7-6-8-11-21)24-16-25(39-3)26(40-42(36,37)28(29,30)31)17-27(24)41(34,35)33(22)18-20-12-14-23(38-2)15-13-20/h6-8,10-17,22H,4-5,9,18-19H2,1-3H3/t22-/m1/s1. The van der Waals surface area contributed by atoms with E-state index in [2.05, 4.69) is 4.18 Å². The smallest absolute Gasteiger partial charge is 0.497 e. The third-order valence-electron chi connectivity index (χ3n) is 6.86. The highest BCUT2D eigenvalue weighted by atomic mass is 32.2. The van der Waals surface area contributed by atoms with Crippen LogP contribution in [0.4, 0.5) is 24.5 Å². The van der Waals surface area contributed by atoms with Crippen LogP contribution in [0.3, 0.4) is 0 Å². The summed E-state index contributed by atoms with van der Waals surface area (Å²) in [6, 6.07) is 17.2. The van der Waals surface area contributed by atoms with E-state index in [0.717, 1.165) is 19.6 Å². The Morgan fingerprint density at radius 2 is 1.62 bits per heavy atom. The average Bonchev–Trinajstić information content (AvgIpc) is 3.04. The first-order valence-electron chi connectivity index (χ1n) is 13.0. The van der Waals surface area contributed by atoms with Gasteiger partial charge in [-0.3, -0.25) is 0 Å². The van der Waals surface area contributed by atoms with Gasteiger partial charge >= 0.3 is 15.6 Å². The molecule has 0 saturated carbocycles. The molecular formula is C28H31F3N2O7S2. The minimum atomic E-state index is -6.13. The van der Waals surface area contributed by atoms with Crippen molar-refractivity contribution < 1.29 is 43.7 Å². The van der Waals surface area contributed by atoms with Gasteiger partial charge in [-0.1, -0.05) is 50.1 Å². The number of sulfonamides is 1. The first kappa shape index (κ1) is 31.4. The summed E-state index contributed by atoms with van der Waals surface area (Å²) in [7, 11) is -7.94. The number of para-hydroxylation sites is 1. The van der Waals surface area contributed by atoms with Crippen molar-refractivity contribution in [2.75, 3.05) is 25.7 Å². The van der Waals surface area contributed by atoms with Crippen molar-refractivity contribution in [3.8, 4) is 17.2 Å². The van der Waals surface area contributed by atoms with E-state index in [-0.39, 0.29) is 24.5 Å². The number of methoxy groups -OCH3 is 2. The lowest BCUT2D eigenvalue weighted by atomic mass is 10.1. The number of ether oxygens (including phenoxy) is 2. The maximum absolute atomic E-state index is 14.4. The summed E-state index contributed by atoms with van der Waals surface area (Å²) in [6.07, 6.45) is 2.00. The Hall–Kier alpha value is -3.49. The van der Waals surface area contributed by atoms with Gasteiger partial charge < -0.3 is 18.6 Å². The maximum Gasteiger partial charge on any atom is 0.534 e. The fraction of sp³-hybridized carbons (Fsp3) is 0.357. The van der Waals surface area contributed by atoms with E-state index in [4.69, 9.17) is 9.47 Å². The molecule has 0 aliphatic carbocycles. The van der Waals surface area contributed by atoms with Gasteiger partial charge in [-0.15, -0.1) is 0 Å². The van der Waals surface area contributed by atoms with E-state index in [1.165, 1.54) is 17.5 Å². The molecule has 3 aromatic rings. The third-order valence-corrected chi connectivity index (χ3v) is 9.76. The van der Waals surface area contributed by atoms with Gasteiger partial charge in [0.1, 0.15) is 10.6 Å². The van der Waals surface area contributed by atoms with Crippen LogP contribution < -0.4 is 18.6 Å². The molecule has 4 rings (SSSR count). The quantitative estimate of drug-likeness (QED) is 0.204. The van der Waals surface area contributed by atoms with Crippen molar-refractivity contribution in [3.63, 3.8) is 0 Å². The molecule has 0 unspecified atom stereocenters. The second kappa shape index (κ2) is 12.4. The molecular weight excluding hydrogens is 597 g/mol. The largest absolute Gasteiger partial charge is 0.534 e. The highest BCUT2D eigenvalue weighted by Crippen LogP contribution is 2.45. The molecule has 0 radical (unpaired) electrons. The van der Waals surface area contributed by atoms with E-state index < -0.39 is 42.3 Å². The summed E-state index contributed by atoms with van der Waals surface area (Å²) in [6.45, 7) is 2.14. The molecule has 0 aromatic heterocycles. The van der Waals surface area contributed by atoms with Crippen molar-refractivity contribution in [1.29, 1.82) is 0 Å². The summed E-state index contributed by atoms with van der Waals surface area (Å²) in [5, 5.41) is 0. The summed E-state index contributed by atoms with van der Waals surface area (Å²) in [5.74, 6) is -0.701. The Bertz CT molecular complexity index is 1600. The molecule has 0 N–H and O–H groups in total. The van der Waals surface area contributed by atoms with Crippen LogP contribution in [-0.4, -0.2) is 53.5 Å². The second-order valence-electron chi connectivity index (χ2n) is 9.59. The van der Waals surface area contributed by atoms with Crippen LogP contribution in [0.15, 0.2) is 71.6 Å². The first-order chi connectivity index (χ1) is 19.8. The summed E-state index contributed by atoms with van der Waals surface area (Å²) in [4.78, 5) is 1.32. The number of nitrogens with zero attached hydrogens (tertiary/aromatic N) is 2. The van der Waals surface area contributed by atoms with Gasteiger partial charge in [0.2, 0.25) is 10.0 Å². The third kappa shape index (κ3) is 6.45. The Morgan fingerprint density at radius 1 is 0.952 bits per heavy atom. The maximum atomic E-state index is 14.4. The lowest BCUT2D eigenvalue weighted by molar-refractivity contribution is -0.0500. The molecule has 0 fully saturated rings. The predicted octanol–water partition coefficient (Wildman–Crippen LogP) is 5.83. The van der Waals surface area contributed by atoms with Crippen molar-refractivity contribution in [2.24, 2.45) is 0 Å². The Kier molecular flexibility index (Phi) is 9.28. The van der Waals surface area contributed by atoms with Crippen LogP contribution in [0.2, 0.25) is 0 Å². The van der Waals surface area contributed by atoms with Gasteiger partial charge in [0, 0.05) is 37.0 Å². The monoisotopic (exact) mass is 628 g/mol. The fourth-order valence-electron chi connectivity index (χ4n) is 4.71. The van der Waals surface area contributed by atoms with Crippen LogP contribution in [-0.2, 0) is 26.7 Å². The molecule has 42 heavy (non-hydrogen) atoms. The van der Waals surface area contributed by atoms with Crippen molar-refractivity contribution in [3.05, 3.63) is 72.3 Å². The molecule has 0 amide bonds. The highest BCUT2D eigenvalue weighted by Gasteiger charge is 2.49. The predicted molar refractivity (Wildman–Crippen MR) is 151 cm³/mol. The minimum absolute atomic E-state index is 0.0498. The lowest BCUT2D eigenvalue weighted by Crippen LogP contribution is -2.43. The fourth-order valence-corrected chi connectivity index (χ4v) is 7.00. The van der Waals surface area contributed by atoms with E-state index >= 15 is 0 Å². The number of unbranched alkanes of at least 4 members (excludes halogenated alkanes) is 1. The van der Waals surface area contributed by atoms with E-state index in [1.807, 2.05) is 6.92 Å². The van der Waals surface area contributed by atoms with Gasteiger partial charge in [-0.05, 0) is 36.2 Å². The number of hydrogen-bond donors (Lipinski definition) is 0. The van der Waals surface area contributed by atoms with Crippen molar-refractivity contribution >= 4 is 31.5 Å². The number of anilines is 2. The van der Waals surface area contributed by atoms with Crippen LogP contribution in [0.5, 0.6) is 17.2 Å². The molecule has 1 aliphatic heterocycles. The second-order valence-corrected chi connectivity index (χ2v) is 13.0. The van der Waals surface area contributed by atoms with Gasteiger partial charge in [0.15, 0.2) is 11.5 Å². The molecule has 0 saturated heterocycles. The number of hydrogen-bond acceptors (Lipinski definition) is 8. The molecule has 0 bridgehead atoms. The van der Waals surface area contributed by atoms with E-state index in [1.54, 1.807) is 59.5 Å². The topological polar surface area (TPSA) is 102 Å². The molecule has 1 aliphatic rings. The SMILES string of the molecule is CCCC[C@@H]1CN(c2ccccc2)c2cc(OC)c(OS(=O)(=O)C(F)(F)F)cc2S(=O)(=O)N1Cc1ccc(OC)cc1. The van der Waals surface area contributed by atoms with E-state index in [9.17, 15) is 30.0 Å². The molecule has 1 atom stereocenters. The van der Waals surface area contributed by atoms with Crippen LogP contribution in [0.25, 0.3) is 0 Å². The summed E-state index contributed by atoms with van der Waals surface area (Å²) in [5.41, 5.74) is -4.36. The van der Waals surface area contributed by atoms with Crippen LogP contribution >= 0.6 is 0 Å². The van der Waals surface area contributed by atoms with Crippen LogP contribution in [0.1, 0.15) is 31.7 Å². The van der Waals surface area contributed by atoms with E-state index in [0.29, 0.717) is 29.8 Å². The van der Waals surface area contributed by atoms with Crippen LogP contribution in [0, 0.1) is 0 Å². The highest BCUT2D eigenvalue weighted by molar-refractivity contribution is 7.89. The number of fused-ring (bicyclic) bond motifs is 1. The molecule has 3 aromatic carbocycles. The average molecular weight is 629 g/mol. The Labute approximate surface area is 243 Å². The number of halogens is 3. The molecule has 228 valence electrons. The van der Waals surface area contributed by atoms with Crippen molar-refractivity contribution in [2.45, 2.75) is 49.2 Å². The van der Waals surface area contributed by atoms with Crippen molar-refractivity contribution in [1.82, 2.24) is 4.31 Å². The molecule has 1 heterocycles.